The minimum atomic E-state index is -0.604. The third-order valence-electron chi connectivity index (χ3n) is 3.03. The number of ether oxygens (including phenoxy) is 2. The van der Waals surface area contributed by atoms with Crippen molar-refractivity contribution in [2.45, 2.75) is 12.6 Å². The summed E-state index contributed by atoms with van der Waals surface area (Å²) in [5.74, 6) is 1.11. The van der Waals surface area contributed by atoms with Gasteiger partial charge in [0.15, 0.2) is 11.5 Å². The maximum atomic E-state index is 12.0. The zero-order chi connectivity index (χ0) is 13.8. The van der Waals surface area contributed by atoms with Crippen LogP contribution in [0.4, 0.5) is 0 Å². The molecule has 0 radical (unpaired) electrons. The van der Waals surface area contributed by atoms with E-state index in [0.717, 1.165) is 0 Å². The van der Waals surface area contributed by atoms with E-state index in [0.29, 0.717) is 24.6 Å². The summed E-state index contributed by atoms with van der Waals surface area (Å²) >= 11 is 0. The van der Waals surface area contributed by atoms with Crippen molar-refractivity contribution in [1.82, 2.24) is 14.9 Å². The van der Waals surface area contributed by atoms with E-state index in [-0.39, 0.29) is 12.5 Å². The summed E-state index contributed by atoms with van der Waals surface area (Å²) in [4.78, 5) is 15.9. The molecule has 0 unspecified atom stereocenters. The number of hydrogen-bond donors (Lipinski definition) is 1. The second-order valence-corrected chi connectivity index (χ2v) is 4.46. The lowest BCUT2D eigenvalue weighted by molar-refractivity contribution is -0.130. The predicted octanol–water partition coefficient (Wildman–Crippen LogP) is 0.839. The maximum Gasteiger partial charge on any atom is 0.264 e. The molecule has 0 fully saturated rings. The average molecular weight is 273 g/mol. The van der Waals surface area contributed by atoms with Crippen molar-refractivity contribution < 1.29 is 14.3 Å². The molecule has 6 nitrogen and oxygen atoms in total. The molecule has 0 bridgehead atoms. The number of amides is 1. The first-order valence-corrected chi connectivity index (χ1v) is 6.45. The van der Waals surface area contributed by atoms with Crippen LogP contribution in [0.15, 0.2) is 43.0 Å². The Morgan fingerprint density at radius 3 is 3.05 bits per heavy atom. The molecule has 104 valence electrons. The highest BCUT2D eigenvalue weighted by atomic mass is 16.6. The summed E-state index contributed by atoms with van der Waals surface area (Å²) in [7, 11) is 0. The number of fused-ring (bicyclic) bond motifs is 1. The van der Waals surface area contributed by atoms with E-state index in [9.17, 15) is 4.79 Å². The molecule has 3 rings (SSSR count). The molecular weight excluding hydrogens is 258 g/mol. The lowest BCUT2D eigenvalue weighted by Crippen LogP contribution is -2.44. The lowest BCUT2D eigenvalue weighted by atomic mass is 10.2. The minimum Gasteiger partial charge on any atom is -0.485 e. The van der Waals surface area contributed by atoms with Crippen LogP contribution in [-0.2, 0) is 11.3 Å². The number of aromatic nitrogens is 2. The smallest absolute Gasteiger partial charge is 0.264 e. The highest BCUT2D eigenvalue weighted by Crippen LogP contribution is 2.30. The van der Waals surface area contributed by atoms with Crippen LogP contribution in [0.5, 0.6) is 11.5 Å². The number of nitrogens with zero attached hydrogens (tertiary/aromatic N) is 2. The van der Waals surface area contributed by atoms with Crippen LogP contribution >= 0.6 is 0 Å². The van der Waals surface area contributed by atoms with Crippen molar-refractivity contribution in [2.75, 3.05) is 13.2 Å². The first-order valence-electron chi connectivity index (χ1n) is 6.45. The minimum absolute atomic E-state index is 0.167. The number of imidazole rings is 1. The number of carbonyl (C=O) groups excluding carboxylic acids is 1. The summed E-state index contributed by atoms with van der Waals surface area (Å²) < 4.78 is 13.0. The molecule has 0 saturated heterocycles. The normalized spacial score (nSPS) is 16.7. The summed E-state index contributed by atoms with van der Waals surface area (Å²) in [6.07, 6.45) is 4.66. The van der Waals surface area contributed by atoms with Crippen molar-refractivity contribution in [1.29, 1.82) is 0 Å². The van der Waals surface area contributed by atoms with Gasteiger partial charge in [0.1, 0.15) is 6.61 Å². The highest BCUT2D eigenvalue weighted by Gasteiger charge is 2.26. The van der Waals surface area contributed by atoms with E-state index in [1.165, 1.54) is 0 Å². The number of hydrogen-bond acceptors (Lipinski definition) is 4. The second kappa shape index (κ2) is 5.64. The van der Waals surface area contributed by atoms with Gasteiger partial charge in [0.25, 0.3) is 5.91 Å². The monoisotopic (exact) mass is 273 g/mol. The zero-order valence-electron chi connectivity index (χ0n) is 10.9. The number of para-hydroxylation sites is 2. The molecule has 0 aliphatic carbocycles. The largest absolute Gasteiger partial charge is 0.485 e. The Bertz CT molecular complexity index is 583. The number of benzene rings is 1. The predicted molar refractivity (Wildman–Crippen MR) is 71.6 cm³/mol. The van der Waals surface area contributed by atoms with Gasteiger partial charge >= 0.3 is 0 Å². The van der Waals surface area contributed by atoms with E-state index >= 15 is 0 Å². The van der Waals surface area contributed by atoms with E-state index in [4.69, 9.17) is 9.47 Å². The van der Waals surface area contributed by atoms with E-state index in [1.807, 2.05) is 29.0 Å². The van der Waals surface area contributed by atoms with Crippen molar-refractivity contribution in [3.05, 3.63) is 43.0 Å². The summed E-state index contributed by atoms with van der Waals surface area (Å²) in [5, 5.41) is 2.83. The third kappa shape index (κ3) is 2.74. The average Bonchev–Trinajstić information content (AvgIpc) is 3.00. The molecule has 1 aliphatic rings. The van der Waals surface area contributed by atoms with Gasteiger partial charge in [0.05, 0.1) is 6.33 Å². The zero-order valence-corrected chi connectivity index (χ0v) is 10.9. The molecule has 0 saturated carbocycles. The SMILES string of the molecule is O=C(NCCn1ccnc1)[C@@H]1COc2ccccc2O1. The van der Waals surface area contributed by atoms with Crippen LogP contribution in [0.1, 0.15) is 0 Å². The Labute approximate surface area is 116 Å². The van der Waals surface area contributed by atoms with Crippen LogP contribution in [0.25, 0.3) is 0 Å². The van der Waals surface area contributed by atoms with Gasteiger partial charge in [-0.25, -0.2) is 4.98 Å². The molecule has 20 heavy (non-hydrogen) atoms. The Hall–Kier alpha value is -2.50. The van der Waals surface area contributed by atoms with E-state index in [1.54, 1.807) is 18.6 Å². The number of rotatable bonds is 4. The molecule has 1 atom stereocenters. The summed E-state index contributed by atoms with van der Waals surface area (Å²) in [6, 6.07) is 7.33. The van der Waals surface area contributed by atoms with Crippen LogP contribution in [0, 0.1) is 0 Å². The van der Waals surface area contributed by atoms with Gasteiger partial charge < -0.3 is 19.4 Å². The molecule has 0 spiro atoms. The van der Waals surface area contributed by atoms with Crippen LogP contribution in [-0.4, -0.2) is 34.7 Å². The number of nitrogens with one attached hydrogen (secondary N) is 1. The van der Waals surface area contributed by atoms with Crippen molar-refractivity contribution in [3.63, 3.8) is 0 Å². The standard InChI is InChI=1S/C14H15N3O3/c18-14(16-6-8-17-7-5-15-10-17)13-9-19-11-3-1-2-4-12(11)20-13/h1-5,7,10,13H,6,8-9H2,(H,16,18)/t13-/m0/s1. The molecule has 1 aliphatic heterocycles. The molecule has 1 aromatic carbocycles. The molecule has 1 amide bonds. The van der Waals surface area contributed by atoms with Crippen LogP contribution in [0.2, 0.25) is 0 Å². The highest BCUT2D eigenvalue weighted by molar-refractivity contribution is 5.81. The third-order valence-corrected chi connectivity index (χ3v) is 3.03. The van der Waals surface area contributed by atoms with Gasteiger partial charge in [0.2, 0.25) is 6.10 Å². The molecule has 1 aromatic heterocycles. The Morgan fingerprint density at radius 2 is 2.25 bits per heavy atom. The van der Waals surface area contributed by atoms with E-state index in [2.05, 4.69) is 10.3 Å². The van der Waals surface area contributed by atoms with Gasteiger partial charge in [-0.05, 0) is 12.1 Å². The maximum absolute atomic E-state index is 12.0. The van der Waals surface area contributed by atoms with E-state index < -0.39 is 6.10 Å². The first kappa shape index (κ1) is 12.5. The van der Waals surface area contributed by atoms with Gasteiger partial charge in [-0.1, -0.05) is 12.1 Å². The van der Waals surface area contributed by atoms with Gasteiger partial charge in [0, 0.05) is 25.5 Å². The Morgan fingerprint density at radius 1 is 1.40 bits per heavy atom. The first-order chi connectivity index (χ1) is 9.83. The van der Waals surface area contributed by atoms with Crippen LogP contribution < -0.4 is 14.8 Å². The van der Waals surface area contributed by atoms with Crippen molar-refractivity contribution >= 4 is 5.91 Å². The number of carbonyl (C=O) groups is 1. The fraction of sp³-hybridized carbons (Fsp3) is 0.286. The van der Waals surface area contributed by atoms with Gasteiger partial charge in [-0.2, -0.15) is 0 Å². The quantitative estimate of drug-likeness (QED) is 0.896. The summed E-state index contributed by atoms with van der Waals surface area (Å²) in [6.45, 7) is 1.43. The lowest BCUT2D eigenvalue weighted by Gasteiger charge is -2.25. The van der Waals surface area contributed by atoms with Crippen molar-refractivity contribution in [2.24, 2.45) is 0 Å². The molecule has 2 heterocycles. The Kier molecular flexibility index (Phi) is 3.54. The molecule has 2 aromatic rings. The van der Waals surface area contributed by atoms with Crippen molar-refractivity contribution in [3.8, 4) is 11.5 Å². The fourth-order valence-electron chi connectivity index (χ4n) is 1.99. The topological polar surface area (TPSA) is 65.4 Å². The fourth-order valence-corrected chi connectivity index (χ4v) is 1.99. The summed E-state index contributed by atoms with van der Waals surface area (Å²) in [5.41, 5.74) is 0. The molecular formula is C14H15N3O3. The molecule has 6 heteroatoms. The molecule has 1 N–H and O–H groups in total. The van der Waals surface area contributed by atoms with Crippen LogP contribution in [0.3, 0.4) is 0 Å². The second-order valence-electron chi connectivity index (χ2n) is 4.46. The Balaban J connectivity index is 1.51. The van der Waals surface area contributed by atoms with Gasteiger partial charge in [-0.3, -0.25) is 4.79 Å². The van der Waals surface area contributed by atoms with Gasteiger partial charge in [-0.15, -0.1) is 0 Å².